The molecule has 0 radical (unpaired) electrons. The summed E-state index contributed by atoms with van der Waals surface area (Å²) in [6, 6.07) is 7.94. The zero-order valence-electron chi connectivity index (χ0n) is 6.41. The molecule has 0 spiro atoms. The average molecular weight is 204 g/mol. The molecule has 1 aromatic heterocycles. The maximum atomic E-state index is 9.81. The van der Waals surface area contributed by atoms with Crippen LogP contribution >= 0.6 is 0 Å². The predicted octanol–water partition coefficient (Wildman–Crippen LogP) is 2.07. The summed E-state index contributed by atoms with van der Waals surface area (Å²) < 4.78 is 27.8. The van der Waals surface area contributed by atoms with Gasteiger partial charge in [-0.3, -0.25) is 0 Å². The van der Waals surface area contributed by atoms with Crippen LogP contribution in [-0.2, 0) is 11.6 Å². The van der Waals surface area contributed by atoms with Crippen LogP contribution in [0.5, 0.6) is 0 Å². The molecular weight excluding hydrogens is 198 g/mol. The lowest BCUT2D eigenvalue weighted by Gasteiger charge is -1.81. The number of hydrogen-bond acceptors (Lipinski definition) is 2. The fourth-order valence-electron chi connectivity index (χ4n) is 0.880. The van der Waals surface area contributed by atoms with E-state index in [0.717, 1.165) is 11.0 Å². The molecule has 0 atom stereocenters. The minimum atomic E-state index is -3.61. The monoisotopic (exact) mass is 204 g/mol. The van der Waals surface area contributed by atoms with E-state index < -0.39 is 11.6 Å². The summed E-state index contributed by atoms with van der Waals surface area (Å²) in [6.45, 7) is 0. The van der Waals surface area contributed by atoms with Gasteiger partial charge in [0, 0.05) is 0 Å². The summed E-state index contributed by atoms with van der Waals surface area (Å²) in [7, 11) is 0. The van der Waals surface area contributed by atoms with Crippen molar-refractivity contribution < 1.29 is 12.0 Å². The molecule has 0 aliphatic heterocycles. The Morgan fingerprint density at radius 3 is 2.54 bits per heavy atom. The second-order valence-corrected chi connectivity index (χ2v) is 2.47. The van der Waals surface area contributed by atoms with Crippen molar-refractivity contribution in [1.82, 2.24) is 9.97 Å². The molecule has 13 heavy (non-hydrogen) atoms. The lowest BCUT2D eigenvalue weighted by Crippen LogP contribution is -1.63. The molecule has 6 heteroatoms. The van der Waals surface area contributed by atoms with E-state index in [4.69, 9.17) is 4.21 Å². The minimum Gasteiger partial charge on any atom is -0.345 e. The average Bonchev–Trinajstić information content (AvgIpc) is 2.49. The fraction of sp³-hybridized carbons (Fsp3) is 0. The summed E-state index contributed by atoms with van der Waals surface area (Å²) in [5.41, 5.74) is 2.12. The van der Waals surface area contributed by atoms with Crippen molar-refractivity contribution in [3.63, 3.8) is 0 Å². The zero-order valence-corrected chi connectivity index (χ0v) is 7.22. The van der Waals surface area contributed by atoms with E-state index in [2.05, 4.69) is 9.97 Å². The normalized spacial score (nSPS) is 9.77. The predicted molar refractivity (Wildman–Crippen MR) is 46.5 cm³/mol. The third kappa shape index (κ3) is 3.29. The highest BCUT2D eigenvalue weighted by Gasteiger charge is 1.88. The summed E-state index contributed by atoms with van der Waals surface area (Å²) in [5, 5.41) is 0. The summed E-state index contributed by atoms with van der Waals surface area (Å²) in [5.74, 6) is 0. The van der Waals surface area contributed by atoms with Gasteiger partial charge in [0.15, 0.2) is 0 Å². The smallest absolute Gasteiger partial charge is 0.345 e. The Balaban J connectivity index is 0.000000184. The van der Waals surface area contributed by atoms with Gasteiger partial charge in [-0.2, -0.15) is 4.21 Å². The first-order valence-electron chi connectivity index (χ1n) is 3.32. The van der Waals surface area contributed by atoms with Gasteiger partial charge >= 0.3 is 11.6 Å². The molecule has 0 bridgehead atoms. The number of nitrogens with zero attached hydrogens (tertiary/aromatic N) is 1. The van der Waals surface area contributed by atoms with E-state index in [0.29, 0.717) is 0 Å². The van der Waals surface area contributed by atoms with Crippen LogP contribution in [0.25, 0.3) is 11.0 Å². The van der Waals surface area contributed by atoms with E-state index in [1.54, 1.807) is 6.33 Å². The molecule has 1 heterocycles. The zero-order chi connectivity index (χ0) is 9.68. The van der Waals surface area contributed by atoms with Crippen molar-refractivity contribution >= 4 is 22.6 Å². The van der Waals surface area contributed by atoms with Crippen LogP contribution in [0.4, 0.5) is 7.77 Å². The van der Waals surface area contributed by atoms with Gasteiger partial charge in [0.2, 0.25) is 0 Å². The lowest BCUT2D eigenvalue weighted by atomic mass is 10.3. The first-order chi connectivity index (χ1) is 6.20. The molecule has 0 saturated heterocycles. The van der Waals surface area contributed by atoms with E-state index in [9.17, 15) is 7.77 Å². The molecule has 1 aromatic carbocycles. The molecule has 0 saturated carbocycles. The molecule has 3 nitrogen and oxygen atoms in total. The van der Waals surface area contributed by atoms with Gasteiger partial charge in [-0.05, 0) is 12.1 Å². The third-order valence-electron chi connectivity index (χ3n) is 1.33. The van der Waals surface area contributed by atoms with E-state index in [-0.39, 0.29) is 0 Å². The lowest BCUT2D eigenvalue weighted by molar-refractivity contribution is 0.602. The van der Waals surface area contributed by atoms with Crippen LogP contribution < -0.4 is 0 Å². The Hall–Kier alpha value is -1.30. The van der Waals surface area contributed by atoms with Gasteiger partial charge in [-0.15, -0.1) is 0 Å². The van der Waals surface area contributed by atoms with Crippen LogP contribution in [0.15, 0.2) is 30.6 Å². The van der Waals surface area contributed by atoms with Crippen LogP contribution in [0.2, 0.25) is 0 Å². The molecule has 1 N–H and O–H groups in total. The first-order valence-corrected chi connectivity index (χ1v) is 4.27. The summed E-state index contributed by atoms with van der Waals surface area (Å²) in [4.78, 5) is 7.07. The van der Waals surface area contributed by atoms with Crippen molar-refractivity contribution in [2.24, 2.45) is 0 Å². The Bertz CT molecular complexity index is 370. The number of halogens is 2. The van der Waals surface area contributed by atoms with Crippen molar-refractivity contribution in [1.29, 1.82) is 0 Å². The first kappa shape index (κ1) is 9.79. The van der Waals surface area contributed by atoms with Crippen molar-refractivity contribution in [2.75, 3.05) is 0 Å². The second-order valence-electron chi connectivity index (χ2n) is 2.10. The maximum absolute atomic E-state index is 9.81. The van der Waals surface area contributed by atoms with Gasteiger partial charge in [0.05, 0.1) is 17.4 Å². The highest BCUT2D eigenvalue weighted by molar-refractivity contribution is 7.74. The molecule has 0 fully saturated rings. The van der Waals surface area contributed by atoms with Gasteiger partial charge in [-0.1, -0.05) is 19.9 Å². The topological polar surface area (TPSA) is 45.8 Å². The number of aromatic nitrogens is 2. The molecule has 2 rings (SSSR count). The molecule has 0 amide bonds. The number of rotatable bonds is 0. The highest BCUT2D eigenvalue weighted by atomic mass is 32.2. The summed E-state index contributed by atoms with van der Waals surface area (Å²) in [6.07, 6.45) is 1.70. The largest absolute Gasteiger partial charge is 0.385 e. The number of benzene rings is 1. The molecule has 0 aliphatic rings. The molecule has 0 aliphatic carbocycles. The second kappa shape index (κ2) is 4.66. The maximum Gasteiger partial charge on any atom is 0.385 e. The number of H-pyrrole nitrogens is 1. The van der Waals surface area contributed by atoms with Crippen LogP contribution in [-0.4, -0.2) is 14.2 Å². The third-order valence-corrected chi connectivity index (χ3v) is 1.33. The number of nitrogens with one attached hydrogen (secondary N) is 1. The quantitative estimate of drug-likeness (QED) is 0.667. The van der Waals surface area contributed by atoms with Crippen LogP contribution in [0.1, 0.15) is 0 Å². The number of hydrogen-bond donors (Lipinski definition) is 1. The van der Waals surface area contributed by atoms with E-state index in [1.807, 2.05) is 24.3 Å². The molecule has 2 aromatic rings. The highest BCUT2D eigenvalue weighted by Crippen LogP contribution is 2.05. The van der Waals surface area contributed by atoms with Gasteiger partial charge in [0.1, 0.15) is 0 Å². The number of para-hydroxylation sites is 2. The van der Waals surface area contributed by atoms with Gasteiger partial charge < -0.3 is 4.98 Å². The number of fused-ring (bicyclic) bond motifs is 1. The standard InChI is InChI=1S/C7H6N2.F2OS/c1-2-4-7-6(3-1)8-5-9-7;1-4(2)3/h1-5H,(H,8,9);. The molecule has 0 unspecified atom stereocenters. The Kier molecular flexibility index (Phi) is 3.51. The SMILES string of the molecule is O=S(F)F.c1ccc2[nH]cnc2c1. The number of imidazole rings is 1. The van der Waals surface area contributed by atoms with Gasteiger partial charge in [-0.25, -0.2) is 4.98 Å². The van der Waals surface area contributed by atoms with E-state index >= 15 is 0 Å². The summed E-state index contributed by atoms with van der Waals surface area (Å²) >= 11 is -3.61. The Morgan fingerprint density at radius 2 is 1.92 bits per heavy atom. The Morgan fingerprint density at radius 1 is 1.31 bits per heavy atom. The Labute approximate surface area is 75.8 Å². The van der Waals surface area contributed by atoms with E-state index in [1.165, 1.54) is 0 Å². The molecular formula is C7H6F2N2OS. The van der Waals surface area contributed by atoms with Crippen molar-refractivity contribution in [3.8, 4) is 0 Å². The van der Waals surface area contributed by atoms with Gasteiger partial charge in [0.25, 0.3) is 0 Å². The van der Waals surface area contributed by atoms with Crippen molar-refractivity contribution in [3.05, 3.63) is 30.6 Å². The number of aromatic amines is 1. The van der Waals surface area contributed by atoms with Crippen LogP contribution in [0.3, 0.4) is 0 Å². The molecule has 70 valence electrons. The van der Waals surface area contributed by atoms with Crippen LogP contribution in [0, 0.1) is 0 Å². The minimum absolute atomic E-state index is 1.03. The van der Waals surface area contributed by atoms with Crippen molar-refractivity contribution in [2.45, 2.75) is 0 Å². The fourth-order valence-corrected chi connectivity index (χ4v) is 0.880.